The zero-order valence-corrected chi connectivity index (χ0v) is 39.4. The summed E-state index contributed by atoms with van der Waals surface area (Å²) in [5.74, 6) is 3.57. The van der Waals surface area contributed by atoms with Crippen LogP contribution in [0.3, 0.4) is 0 Å². The Morgan fingerprint density at radius 3 is 1.44 bits per heavy atom. The largest absolute Gasteiger partial charge is 0.335 e. The predicted octanol–water partition coefficient (Wildman–Crippen LogP) is 5.53. The van der Waals surface area contributed by atoms with E-state index in [-0.39, 0.29) is 19.2 Å². The first kappa shape index (κ1) is 44.9. The third-order valence-corrected chi connectivity index (χ3v) is 14.2. The van der Waals surface area contributed by atoms with Crippen LogP contribution in [0.4, 0.5) is 0 Å². The van der Waals surface area contributed by atoms with E-state index in [0.717, 1.165) is 142 Å². The Morgan fingerprint density at radius 1 is 0.603 bits per heavy atom. The van der Waals surface area contributed by atoms with E-state index in [1.165, 1.54) is 0 Å². The molecule has 0 aliphatic carbocycles. The number of amides is 2. The standard InChI is InChI=1S/C25H30N8O.C24H28N8O.CH4/c1-5-22(34)32-8-9-33-21(15-32)24(27-25(33)18-12-29(2)13-18)16-6-7-20-19(10-16)23(28-31(20)4)17-11-26-30(3)14-17;1-4-21(33)31-7-8-32-20(14-31)23(27-24(32)16-10-25-11-16)15-5-6-19-18(9-15)22(28-30(19)3)17-12-26-29(2)13-17;/h6-7,10-11,14,18H,5,8-9,12-13,15H2,1-4H3;5-6,9,12-13,16,25H,4,7-8,10-11,14H2,1-3H3;1H4. The molecule has 18 heteroatoms. The number of carbonyl (C=O) groups excluding carboxylic acids is 2. The lowest BCUT2D eigenvalue weighted by Gasteiger charge is -2.37. The van der Waals surface area contributed by atoms with Gasteiger partial charge in [0, 0.05) is 151 Å². The van der Waals surface area contributed by atoms with Gasteiger partial charge in [-0.25, -0.2) is 9.97 Å². The quantitative estimate of drug-likeness (QED) is 0.205. The molecule has 68 heavy (non-hydrogen) atoms. The number of fused-ring (bicyclic) bond motifs is 4. The van der Waals surface area contributed by atoms with Crippen molar-refractivity contribution in [3.8, 4) is 45.0 Å². The molecule has 4 aliphatic rings. The van der Waals surface area contributed by atoms with Gasteiger partial charge in [-0.3, -0.25) is 28.3 Å². The summed E-state index contributed by atoms with van der Waals surface area (Å²) in [6.45, 7) is 12.1. The van der Waals surface area contributed by atoms with E-state index < -0.39 is 0 Å². The molecular weight excluding hydrogens is 857 g/mol. The number of nitrogens with zero attached hydrogens (tertiary/aromatic N) is 15. The second kappa shape index (κ2) is 17.6. The second-order valence-corrected chi connectivity index (χ2v) is 18.7. The maximum absolute atomic E-state index is 12.5. The van der Waals surface area contributed by atoms with Crippen LogP contribution in [0.2, 0.25) is 0 Å². The van der Waals surface area contributed by atoms with E-state index in [2.05, 4.69) is 73.0 Å². The molecule has 8 aromatic rings. The summed E-state index contributed by atoms with van der Waals surface area (Å²) in [6.07, 6.45) is 8.74. The van der Waals surface area contributed by atoms with Gasteiger partial charge in [-0.2, -0.15) is 20.4 Å². The van der Waals surface area contributed by atoms with Gasteiger partial charge in [0.2, 0.25) is 11.8 Å². The zero-order valence-electron chi connectivity index (χ0n) is 39.4. The van der Waals surface area contributed by atoms with E-state index in [1.54, 1.807) is 9.36 Å². The molecule has 354 valence electrons. The number of carbonyl (C=O) groups is 2. The summed E-state index contributed by atoms with van der Waals surface area (Å²) in [6, 6.07) is 12.9. The molecule has 2 fully saturated rings. The monoisotopic (exact) mass is 919 g/mol. The normalized spacial score (nSPS) is 16.3. The average molecular weight is 919 g/mol. The van der Waals surface area contributed by atoms with Gasteiger partial charge >= 0.3 is 0 Å². The van der Waals surface area contributed by atoms with Crippen molar-refractivity contribution < 1.29 is 9.59 Å². The van der Waals surface area contributed by atoms with Crippen molar-refractivity contribution in [3.05, 3.63) is 84.2 Å². The highest BCUT2D eigenvalue weighted by atomic mass is 16.2. The Balaban J connectivity index is 0.000000156. The molecule has 0 radical (unpaired) electrons. The number of imidazole rings is 2. The topological polar surface area (TPSA) is 163 Å². The van der Waals surface area contributed by atoms with Crippen molar-refractivity contribution in [2.75, 3.05) is 46.3 Å². The summed E-state index contributed by atoms with van der Waals surface area (Å²) >= 11 is 0. The van der Waals surface area contributed by atoms with E-state index >= 15 is 0 Å². The van der Waals surface area contributed by atoms with E-state index in [4.69, 9.17) is 20.2 Å². The lowest BCUT2D eigenvalue weighted by Crippen LogP contribution is -2.44. The number of likely N-dealkylation sites (tertiary alicyclic amines) is 1. The number of benzene rings is 2. The molecule has 0 bridgehead atoms. The number of likely N-dealkylation sites (N-methyl/N-ethyl adjacent to an activating group) is 1. The van der Waals surface area contributed by atoms with Crippen LogP contribution in [0.15, 0.2) is 61.2 Å². The summed E-state index contributed by atoms with van der Waals surface area (Å²) < 4.78 is 12.2. The van der Waals surface area contributed by atoms with Crippen LogP contribution in [-0.2, 0) is 64.0 Å². The number of hydrogen-bond donors (Lipinski definition) is 1. The van der Waals surface area contributed by atoms with Crippen LogP contribution < -0.4 is 5.32 Å². The summed E-state index contributed by atoms with van der Waals surface area (Å²) in [5, 5.41) is 23.7. The fourth-order valence-corrected chi connectivity index (χ4v) is 10.4. The Morgan fingerprint density at radius 2 is 1.06 bits per heavy atom. The molecule has 0 atom stereocenters. The molecular formula is C50H62N16O2. The first-order chi connectivity index (χ1) is 32.5. The zero-order chi connectivity index (χ0) is 46.2. The molecule has 12 rings (SSSR count). The van der Waals surface area contributed by atoms with E-state index in [9.17, 15) is 9.59 Å². The fraction of sp³-hybridized carbons (Fsp3) is 0.440. The van der Waals surface area contributed by atoms with Crippen molar-refractivity contribution in [1.29, 1.82) is 0 Å². The van der Waals surface area contributed by atoms with Gasteiger partial charge in [0.25, 0.3) is 0 Å². The molecule has 2 aromatic carbocycles. The van der Waals surface area contributed by atoms with Crippen molar-refractivity contribution >= 4 is 33.6 Å². The molecule has 0 unspecified atom stereocenters. The average Bonchev–Trinajstić information content (AvgIpc) is 4.19. The van der Waals surface area contributed by atoms with Gasteiger partial charge in [-0.15, -0.1) is 0 Å². The number of rotatable bonds is 8. The Hall–Kier alpha value is -6.92. The van der Waals surface area contributed by atoms with E-state index in [1.807, 2.05) is 86.0 Å². The fourth-order valence-electron chi connectivity index (χ4n) is 10.4. The van der Waals surface area contributed by atoms with Crippen molar-refractivity contribution in [3.63, 3.8) is 0 Å². The summed E-state index contributed by atoms with van der Waals surface area (Å²) in [7, 11) is 9.92. The number of hydrogen-bond acceptors (Lipinski definition) is 10. The minimum absolute atomic E-state index is 0. The lowest BCUT2D eigenvalue weighted by molar-refractivity contribution is -0.133. The minimum atomic E-state index is 0. The SMILES string of the molecule is C.CCC(=O)N1CCn2c(C3CN(C)C3)nc(-c3ccc4c(c3)c(-c3cnn(C)c3)nn4C)c2C1.CCC(=O)N1CCn2c(C3CNC3)nc(-c3ccc4c(c3)c(-c3cnn(C)c3)nn4C)c2C1. The second-order valence-electron chi connectivity index (χ2n) is 18.7. The smallest absolute Gasteiger partial charge is 0.222 e. The lowest BCUT2D eigenvalue weighted by atomic mass is 10.0. The Labute approximate surface area is 396 Å². The van der Waals surface area contributed by atoms with Crippen LogP contribution in [-0.4, -0.2) is 131 Å². The maximum atomic E-state index is 12.5. The van der Waals surface area contributed by atoms with Crippen LogP contribution in [0.1, 0.15) is 69.0 Å². The van der Waals surface area contributed by atoms with Gasteiger partial charge in [0.1, 0.15) is 23.0 Å². The molecule has 1 N–H and O–H groups in total. The summed E-state index contributed by atoms with van der Waals surface area (Å²) in [4.78, 5) is 41.6. The first-order valence-electron chi connectivity index (χ1n) is 23.5. The van der Waals surface area contributed by atoms with Crippen LogP contribution in [0.25, 0.3) is 66.8 Å². The van der Waals surface area contributed by atoms with Crippen LogP contribution in [0, 0.1) is 0 Å². The number of nitrogens with one attached hydrogen (secondary N) is 1. The molecule has 6 aromatic heterocycles. The van der Waals surface area contributed by atoms with E-state index in [0.29, 0.717) is 37.8 Å². The predicted molar refractivity (Wildman–Crippen MR) is 262 cm³/mol. The molecule has 0 saturated carbocycles. The minimum Gasteiger partial charge on any atom is -0.335 e. The van der Waals surface area contributed by atoms with Gasteiger partial charge in [-0.1, -0.05) is 33.4 Å². The van der Waals surface area contributed by atoms with Crippen molar-refractivity contribution in [2.24, 2.45) is 28.2 Å². The molecule has 4 aliphatic heterocycles. The van der Waals surface area contributed by atoms with Crippen LogP contribution in [0.5, 0.6) is 0 Å². The summed E-state index contributed by atoms with van der Waals surface area (Å²) in [5.41, 5.74) is 12.3. The molecule has 0 spiro atoms. The third kappa shape index (κ3) is 7.68. The highest BCUT2D eigenvalue weighted by Gasteiger charge is 2.35. The number of aromatic nitrogens is 12. The van der Waals surface area contributed by atoms with Gasteiger partial charge in [-0.05, 0) is 31.3 Å². The van der Waals surface area contributed by atoms with Crippen molar-refractivity contribution in [2.45, 2.75) is 72.1 Å². The van der Waals surface area contributed by atoms with Gasteiger partial charge < -0.3 is 29.2 Å². The highest BCUT2D eigenvalue weighted by molar-refractivity contribution is 5.97. The third-order valence-electron chi connectivity index (χ3n) is 14.2. The Bertz CT molecular complexity index is 3200. The first-order valence-corrected chi connectivity index (χ1v) is 23.5. The highest BCUT2D eigenvalue weighted by Crippen LogP contribution is 2.38. The van der Waals surface area contributed by atoms with Gasteiger partial charge in [0.15, 0.2) is 0 Å². The molecule has 2 saturated heterocycles. The maximum Gasteiger partial charge on any atom is 0.222 e. The molecule has 18 nitrogen and oxygen atoms in total. The van der Waals surface area contributed by atoms with Crippen LogP contribution >= 0.6 is 0 Å². The Kier molecular flexibility index (Phi) is 11.6. The van der Waals surface area contributed by atoms with Gasteiger partial charge in [0.05, 0.1) is 59.3 Å². The number of aryl methyl sites for hydroxylation is 4. The molecule has 2 amide bonds. The van der Waals surface area contributed by atoms with Crippen molar-refractivity contribution in [1.82, 2.24) is 78.2 Å². The molecule has 10 heterocycles.